The molecule has 3 nitrogen and oxygen atoms in total. The van der Waals surface area contributed by atoms with Crippen molar-refractivity contribution in [3.63, 3.8) is 0 Å². The summed E-state index contributed by atoms with van der Waals surface area (Å²) in [6.07, 6.45) is 0.317. The Hall–Kier alpha value is -3.64. The fraction of sp³-hybridized carbons (Fsp3) is 0.0625. The maximum atomic E-state index is 14.7. The first kappa shape index (κ1) is 25.0. The Morgan fingerprint density at radius 2 is 0.784 bits per heavy atom. The first-order valence-electron chi connectivity index (χ1n) is 12.2. The van der Waals surface area contributed by atoms with Gasteiger partial charge in [0.05, 0.1) is 0 Å². The summed E-state index contributed by atoms with van der Waals surface area (Å²) >= 11 is 0. The number of rotatable bonds is 9. The Kier molecular flexibility index (Phi) is 7.56. The summed E-state index contributed by atoms with van der Waals surface area (Å²) in [5, 5.41) is 3.10. The molecule has 0 aromatic heterocycles. The molecule has 0 heterocycles. The Balaban J connectivity index is 1.51. The second-order valence-electron chi connectivity index (χ2n) is 8.86. The molecule has 0 unspecified atom stereocenters. The third-order valence-corrected chi connectivity index (χ3v) is 12.3. The van der Waals surface area contributed by atoms with Gasteiger partial charge in [-0.05, 0) is 6.07 Å². The van der Waals surface area contributed by atoms with Crippen LogP contribution in [-0.2, 0) is 15.3 Å². The third kappa shape index (κ3) is 5.39. The Morgan fingerprint density at radius 3 is 1.22 bits per heavy atom. The van der Waals surface area contributed by atoms with E-state index < -0.39 is 14.3 Å². The van der Waals surface area contributed by atoms with Crippen LogP contribution in [0, 0.1) is 0 Å². The van der Waals surface area contributed by atoms with Gasteiger partial charge in [-0.3, -0.25) is 0 Å². The molecule has 0 bridgehead atoms. The van der Waals surface area contributed by atoms with E-state index in [-0.39, 0.29) is 6.35 Å². The molecule has 0 aliphatic heterocycles. The number of para-hydroxylation sites is 1. The molecule has 0 fully saturated rings. The maximum Gasteiger partial charge on any atom is 0.178 e. The van der Waals surface area contributed by atoms with Gasteiger partial charge in [0.15, 0.2) is 7.14 Å². The van der Waals surface area contributed by atoms with Crippen molar-refractivity contribution in [3.05, 3.63) is 151 Å². The minimum atomic E-state index is -3.07. The summed E-state index contributed by atoms with van der Waals surface area (Å²) in [5.74, 6) is 0.599. The van der Waals surface area contributed by atoms with E-state index in [1.807, 2.05) is 146 Å². The molecule has 0 aliphatic carbocycles. The molecule has 5 aromatic rings. The van der Waals surface area contributed by atoms with E-state index in [2.05, 4.69) is 0 Å². The van der Waals surface area contributed by atoms with Gasteiger partial charge in [-0.25, -0.2) is 0 Å². The van der Waals surface area contributed by atoms with E-state index in [4.69, 9.17) is 4.74 Å². The van der Waals surface area contributed by atoms with Crippen molar-refractivity contribution in [2.75, 3.05) is 6.35 Å². The topological polar surface area (TPSA) is 43.4 Å². The fourth-order valence-electron chi connectivity index (χ4n) is 4.48. The molecule has 0 saturated carbocycles. The summed E-state index contributed by atoms with van der Waals surface area (Å²) in [6.45, 7) is 0. The summed E-state index contributed by atoms with van der Waals surface area (Å²) in [4.78, 5) is 0. The highest BCUT2D eigenvalue weighted by atomic mass is 31.2. The van der Waals surface area contributed by atoms with Crippen LogP contribution in [0.3, 0.4) is 0 Å². The minimum Gasteiger partial charge on any atom is -0.485 e. The van der Waals surface area contributed by atoms with Crippen LogP contribution in [0.4, 0.5) is 0 Å². The van der Waals surface area contributed by atoms with E-state index in [0.717, 1.165) is 26.8 Å². The summed E-state index contributed by atoms with van der Waals surface area (Å²) in [7, 11) is -6.07. The number of ether oxygens (including phenoxy) is 1. The highest BCUT2D eigenvalue weighted by Crippen LogP contribution is 2.49. The lowest BCUT2D eigenvalue weighted by Gasteiger charge is -2.23. The van der Waals surface area contributed by atoms with Crippen molar-refractivity contribution < 1.29 is 13.9 Å². The van der Waals surface area contributed by atoms with Crippen LogP contribution in [0.15, 0.2) is 146 Å². The Morgan fingerprint density at radius 1 is 0.432 bits per heavy atom. The third-order valence-electron chi connectivity index (χ3n) is 6.46. The first-order valence-corrected chi connectivity index (χ1v) is 16.0. The van der Waals surface area contributed by atoms with Crippen LogP contribution in [0.1, 0.15) is 5.56 Å². The predicted molar refractivity (Wildman–Crippen MR) is 155 cm³/mol. The average Bonchev–Trinajstić information content (AvgIpc) is 2.98. The zero-order valence-corrected chi connectivity index (χ0v) is 22.2. The second kappa shape index (κ2) is 11.2. The maximum absolute atomic E-state index is 14.7. The van der Waals surface area contributed by atoms with Crippen LogP contribution in [0.2, 0.25) is 0 Å². The molecule has 0 spiro atoms. The lowest BCUT2D eigenvalue weighted by molar-refractivity contribution is 0.377. The van der Waals surface area contributed by atoms with E-state index in [1.54, 1.807) is 0 Å². The minimum absolute atomic E-state index is 0.0129. The van der Waals surface area contributed by atoms with E-state index >= 15 is 0 Å². The number of benzene rings is 5. The van der Waals surface area contributed by atoms with Crippen LogP contribution < -0.4 is 26.0 Å². The number of hydrogen-bond acceptors (Lipinski definition) is 3. The van der Waals surface area contributed by atoms with Crippen molar-refractivity contribution in [2.24, 2.45) is 0 Å². The molecule has 0 N–H and O–H groups in total. The highest BCUT2D eigenvalue weighted by molar-refractivity contribution is 7.78. The number of hydrogen-bond donors (Lipinski definition) is 0. The predicted octanol–water partition coefficient (Wildman–Crippen LogP) is 6.55. The molecule has 0 saturated heterocycles. The summed E-state index contributed by atoms with van der Waals surface area (Å²) < 4.78 is 35.5. The first-order chi connectivity index (χ1) is 18.1. The van der Waals surface area contributed by atoms with Gasteiger partial charge in [-0.1, -0.05) is 140 Å². The monoisotopic (exact) mass is 522 g/mol. The van der Waals surface area contributed by atoms with Crippen LogP contribution in [0.5, 0.6) is 5.75 Å². The molecule has 184 valence electrons. The standard InChI is InChI=1S/C32H28O3P2/c33-36(28-16-5-1-6-17-28,29-18-7-2-8-19-29)25-27-15-13-14-24-32(27)35-26-37(34,30-20-9-3-10-21-30)31-22-11-4-12-23-31/h1-24H,25-26H2. The Labute approximate surface area is 218 Å². The SMILES string of the molecule is O=P(COc1ccccc1CP(=O)(c1ccccc1)c1ccccc1)(c1ccccc1)c1ccccc1. The van der Waals surface area contributed by atoms with Crippen molar-refractivity contribution in [1.29, 1.82) is 0 Å². The van der Waals surface area contributed by atoms with Gasteiger partial charge >= 0.3 is 0 Å². The zero-order chi connectivity index (χ0) is 25.6. The molecular weight excluding hydrogens is 494 g/mol. The molecule has 5 rings (SSSR count). The van der Waals surface area contributed by atoms with Crippen LogP contribution in [-0.4, -0.2) is 6.35 Å². The molecule has 0 amide bonds. The van der Waals surface area contributed by atoms with Crippen LogP contribution >= 0.6 is 14.3 Å². The van der Waals surface area contributed by atoms with Crippen LogP contribution in [0.25, 0.3) is 0 Å². The van der Waals surface area contributed by atoms with Crippen molar-refractivity contribution in [3.8, 4) is 5.75 Å². The normalized spacial score (nSPS) is 11.7. The van der Waals surface area contributed by atoms with Crippen molar-refractivity contribution >= 4 is 35.5 Å². The average molecular weight is 523 g/mol. The van der Waals surface area contributed by atoms with E-state index in [0.29, 0.717) is 11.9 Å². The summed E-state index contributed by atoms with van der Waals surface area (Å²) in [5.41, 5.74) is 0.825. The second-order valence-corrected chi connectivity index (χ2v) is 14.5. The quantitative estimate of drug-likeness (QED) is 0.206. The van der Waals surface area contributed by atoms with Gasteiger partial charge in [0.1, 0.15) is 19.2 Å². The summed E-state index contributed by atoms with van der Waals surface area (Å²) in [6, 6.07) is 45.9. The van der Waals surface area contributed by atoms with E-state index in [9.17, 15) is 9.13 Å². The van der Waals surface area contributed by atoms with Gasteiger partial charge in [0.2, 0.25) is 0 Å². The molecule has 0 atom stereocenters. The molecule has 37 heavy (non-hydrogen) atoms. The smallest absolute Gasteiger partial charge is 0.178 e. The van der Waals surface area contributed by atoms with Crippen molar-refractivity contribution in [2.45, 2.75) is 6.16 Å². The van der Waals surface area contributed by atoms with Gasteiger partial charge in [0, 0.05) is 32.9 Å². The van der Waals surface area contributed by atoms with Gasteiger partial charge in [0.25, 0.3) is 0 Å². The van der Waals surface area contributed by atoms with Gasteiger partial charge in [-0.2, -0.15) is 0 Å². The molecule has 0 aliphatic rings. The molecule has 5 heteroatoms. The van der Waals surface area contributed by atoms with Gasteiger partial charge in [-0.15, -0.1) is 0 Å². The fourth-order valence-corrected chi connectivity index (χ4v) is 9.42. The van der Waals surface area contributed by atoms with Crippen molar-refractivity contribution in [1.82, 2.24) is 0 Å². The highest BCUT2D eigenvalue weighted by Gasteiger charge is 2.31. The lowest BCUT2D eigenvalue weighted by atomic mass is 10.2. The van der Waals surface area contributed by atoms with E-state index in [1.165, 1.54) is 0 Å². The lowest BCUT2D eigenvalue weighted by Crippen LogP contribution is -2.21. The largest absolute Gasteiger partial charge is 0.485 e. The zero-order valence-electron chi connectivity index (χ0n) is 20.4. The molecule has 0 radical (unpaired) electrons. The molecule has 5 aromatic carbocycles. The Bertz CT molecular complexity index is 1450. The molecular formula is C32H28O3P2. The van der Waals surface area contributed by atoms with Gasteiger partial charge < -0.3 is 13.9 Å².